The van der Waals surface area contributed by atoms with Crippen molar-refractivity contribution >= 4 is 17.6 Å². The van der Waals surface area contributed by atoms with E-state index in [0.29, 0.717) is 19.1 Å². The van der Waals surface area contributed by atoms with Gasteiger partial charge in [-0.2, -0.15) is 0 Å². The summed E-state index contributed by atoms with van der Waals surface area (Å²) in [4.78, 5) is 11.4. The van der Waals surface area contributed by atoms with Crippen LogP contribution in [0.3, 0.4) is 0 Å². The average molecular weight is 251 g/mol. The Bertz CT molecular complexity index is 174. The van der Waals surface area contributed by atoms with Crippen LogP contribution in [0.4, 0.5) is 0 Å². The molecule has 0 saturated carbocycles. The third-order valence-corrected chi connectivity index (χ3v) is 2.70. The van der Waals surface area contributed by atoms with Gasteiger partial charge < -0.3 is 9.47 Å². The predicted octanol–water partition coefficient (Wildman–Crippen LogP) is 3.00. The average Bonchev–Trinajstić information content (AvgIpc) is 2.31. The Balaban J connectivity index is 3.69. The topological polar surface area (TPSA) is 35.5 Å². The molecule has 0 aliphatic rings. The van der Waals surface area contributed by atoms with E-state index in [1.54, 1.807) is 0 Å². The van der Waals surface area contributed by atoms with E-state index in [4.69, 9.17) is 21.1 Å². The zero-order valence-electron chi connectivity index (χ0n) is 10.3. The number of rotatable bonds is 10. The van der Waals surface area contributed by atoms with Gasteiger partial charge >= 0.3 is 5.97 Å². The quantitative estimate of drug-likeness (QED) is 0.340. The zero-order chi connectivity index (χ0) is 12.2. The monoisotopic (exact) mass is 250 g/mol. The van der Waals surface area contributed by atoms with E-state index < -0.39 is 0 Å². The number of unbranched alkanes of at least 4 members (excludes halogenated alkanes) is 2. The molecule has 4 heteroatoms. The van der Waals surface area contributed by atoms with E-state index in [1.165, 1.54) is 7.11 Å². The molecule has 0 saturated heterocycles. The number of hydrogen-bond acceptors (Lipinski definition) is 3. The van der Waals surface area contributed by atoms with Gasteiger partial charge in [-0.25, -0.2) is 0 Å². The summed E-state index contributed by atoms with van der Waals surface area (Å²) in [7, 11) is 1.43. The van der Waals surface area contributed by atoms with Crippen LogP contribution < -0.4 is 0 Å². The molecule has 0 aromatic rings. The maximum absolute atomic E-state index is 11.4. The van der Waals surface area contributed by atoms with E-state index in [2.05, 4.69) is 6.92 Å². The molecule has 0 aromatic carbocycles. The van der Waals surface area contributed by atoms with Gasteiger partial charge in [-0.15, -0.1) is 11.6 Å². The molecule has 0 N–H and O–H groups in total. The van der Waals surface area contributed by atoms with Crippen LogP contribution in [0.2, 0.25) is 0 Å². The lowest BCUT2D eigenvalue weighted by molar-refractivity contribution is -0.148. The van der Waals surface area contributed by atoms with Gasteiger partial charge in [0, 0.05) is 12.5 Å². The smallest absolute Gasteiger partial charge is 0.311 e. The molecule has 0 aliphatic carbocycles. The van der Waals surface area contributed by atoms with Gasteiger partial charge in [-0.05, 0) is 19.3 Å². The maximum atomic E-state index is 11.4. The lowest BCUT2D eigenvalue weighted by Gasteiger charge is -2.14. The van der Waals surface area contributed by atoms with Crippen molar-refractivity contribution in [2.24, 2.45) is 5.92 Å². The van der Waals surface area contributed by atoms with Crippen molar-refractivity contribution in [1.29, 1.82) is 0 Å². The van der Waals surface area contributed by atoms with Crippen LogP contribution in [0.1, 0.15) is 39.0 Å². The van der Waals surface area contributed by atoms with Gasteiger partial charge in [0.2, 0.25) is 0 Å². The summed E-state index contributed by atoms with van der Waals surface area (Å²) in [6.07, 6.45) is 4.87. The maximum Gasteiger partial charge on any atom is 0.311 e. The lowest BCUT2D eigenvalue weighted by Crippen LogP contribution is -2.22. The first-order chi connectivity index (χ1) is 7.76. The van der Waals surface area contributed by atoms with E-state index in [-0.39, 0.29) is 11.9 Å². The summed E-state index contributed by atoms with van der Waals surface area (Å²) in [5.74, 6) is 0.395. The van der Waals surface area contributed by atoms with Crippen LogP contribution in [-0.4, -0.2) is 32.2 Å². The van der Waals surface area contributed by atoms with E-state index in [9.17, 15) is 4.79 Å². The minimum Gasteiger partial charge on any atom is -0.469 e. The number of ether oxygens (including phenoxy) is 2. The first-order valence-corrected chi connectivity index (χ1v) is 6.51. The van der Waals surface area contributed by atoms with Crippen LogP contribution >= 0.6 is 11.6 Å². The van der Waals surface area contributed by atoms with Crippen LogP contribution in [-0.2, 0) is 14.3 Å². The largest absolute Gasteiger partial charge is 0.469 e. The van der Waals surface area contributed by atoms with Crippen molar-refractivity contribution in [2.45, 2.75) is 39.0 Å². The van der Waals surface area contributed by atoms with Crippen molar-refractivity contribution in [3.8, 4) is 0 Å². The molecular weight excluding hydrogens is 228 g/mol. The molecule has 0 radical (unpaired) electrons. The van der Waals surface area contributed by atoms with Gasteiger partial charge in [0.25, 0.3) is 0 Å². The second-order valence-electron chi connectivity index (χ2n) is 3.83. The first kappa shape index (κ1) is 15.7. The molecule has 1 atom stereocenters. The second-order valence-corrected chi connectivity index (χ2v) is 4.21. The highest BCUT2D eigenvalue weighted by molar-refractivity contribution is 6.17. The molecule has 0 bridgehead atoms. The van der Waals surface area contributed by atoms with Crippen molar-refractivity contribution in [3.63, 3.8) is 0 Å². The number of hydrogen-bond donors (Lipinski definition) is 0. The Morgan fingerprint density at radius 1 is 1.31 bits per heavy atom. The van der Waals surface area contributed by atoms with E-state index in [1.807, 2.05) is 0 Å². The molecular formula is C12H23ClO3. The molecule has 0 spiro atoms. The molecule has 0 rings (SSSR count). The Kier molecular flexibility index (Phi) is 11.0. The molecule has 0 fully saturated rings. The van der Waals surface area contributed by atoms with Crippen LogP contribution in [0.15, 0.2) is 0 Å². The van der Waals surface area contributed by atoms with Crippen LogP contribution in [0.25, 0.3) is 0 Å². The highest BCUT2D eigenvalue weighted by atomic mass is 35.5. The summed E-state index contributed by atoms with van der Waals surface area (Å²) in [5, 5.41) is 0. The minimum atomic E-state index is -0.161. The number of esters is 1. The van der Waals surface area contributed by atoms with E-state index in [0.717, 1.165) is 32.1 Å². The summed E-state index contributed by atoms with van der Waals surface area (Å²) in [6, 6.07) is 0. The fourth-order valence-electron chi connectivity index (χ4n) is 1.41. The fraction of sp³-hybridized carbons (Fsp3) is 0.917. The predicted molar refractivity (Wildman–Crippen MR) is 65.8 cm³/mol. The molecule has 0 amide bonds. The summed E-state index contributed by atoms with van der Waals surface area (Å²) >= 11 is 5.55. The minimum absolute atomic E-state index is 0.110. The summed E-state index contributed by atoms with van der Waals surface area (Å²) in [5.41, 5.74) is 0. The van der Waals surface area contributed by atoms with Crippen LogP contribution in [0.5, 0.6) is 0 Å². The molecule has 0 aromatic heterocycles. The third-order valence-electron chi connectivity index (χ3n) is 2.43. The fourth-order valence-corrected chi connectivity index (χ4v) is 1.60. The van der Waals surface area contributed by atoms with Crippen molar-refractivity contribution in [1.82, 2.24) is 0 Å². The number of halogens is 1. The Labute approximate surface area is 103 Å². The Morgan fingerprint density at radius 3 is 2.62 bits per heavy atom. The van der Waals surface area contributed by atoms with Gasteiger partial charge in [-0.1, -0.05) is 19.8 Å². The summed E-state index contributed by atoms with van der Waals surface area (Å²) < 4.78 is 10.2. The molecule has 1 unspecified atom stereocenters. The Hall–Kier alpha value is -0.280. The Morgan fingerprint density at radius 2 is 2.06 bits per heavy atom. The number of methoxy groups -OCH3 is 1. The van der Waals surface area contributed by atoms with Gasteiger partial charge in [0.05, 0.1) is 19.6 Å². The number of carbonyl (C=O) groups excluding carboxylic acids is 1. The normalized spacial score (nSPS) is 12.4. The van der Waals surface area contributed by atoms with Crippen molar-refractivity contribution in [3.05, 3.63) is 0 Å². The van der Waals surface area contributed by atoms with Gasteiger partial charge in [-0.3, -0.25) is 4.79 Å². The van der Waals surface area contributed by atoms with Crippen molar-refractivity contribution in [2.75, 3.05) is 26.2 Å². The molecule has 96 valence electrons. The van der Waals surface area contributed by atoms with Crippen molar-refractivity contribution < 1.29 is 14.3 Å². The molecule has 16 heavy (non-hydrogen) atoms. The highest BCUT2D eigenvalue weighted by Crippen LogP contribution is 2.11. The SMILES string of the molecule is CCCCC(COCCCCCl)C(=O)OC. The zero-order valence-corrected chi connectivity index (χ0v) is 11.1. The van der Waals surface area contributed by atoms with Gasteiger partial charge in [0.15, 0.2) is 0 Å². The lowest BCUT2D eigenvalue weighted by atomic mass is 10.0. The second kappa shape index (κ2) is 11.2. The van der Waals surface area contributed by atoms with Crippen LogP contribution in [0, 0.1) is 5.92 Å². The number of carbonyl (C=O) groups is 1. The highest BCUT2D eigenvalue weighted by Gasteiger charge is 2.18. The summed E-state index contributed by atoms with van der Waals surface area (Å²) in [6.45, 7) is 3.25. The molecule has 3 nitrogen and oxygen atoms in total. The molecule has 0 heterocycles. The first-order valence-electron chi connectivity index (χ1n) is 5.97. The number of alkyl halides is 1. The standard InChI is InChI=1S/C12H23ClO3/c1-3-4-7-11(12(14)15-2)10-16-9-6-5-8-13/h11H,3-10H2,1-2H3. The molecule has 0 aliphatic heterocycles. The van der Waals surface area contributed by atoms with E-state index >= 15 is 0 Å². The third kappa shape index (κ3) is 7.94. The van der Waals surface area contributed by atoms with Gasteiger partial charge in [0.1, 0.15) is 0 Å².